The summed E-state index contributed by atoms with van der Waals surface area (Å²) in [6, 6.07) is 9.26. The molecule has 2 rings (SSSR count). The first kappa shape index (κ1) is 20.1. The molecule has 0 spiro atoms. The lowest BCUT2D eigenvalue weighted by Gasteiger charge is -2.10. The van der Waals surface area contributed by atoms with Gasteiger partial charge in [-0.2, -0.15) is 0 Å². The van der Waals surface area contributed by atoms with Crippen LogP contribution in [0.4, 0.5) is 5.69 Å². The number of carbonyl (C=O) groups excluding carboxylic acids is 3. The van der Waals surface area contributed by atoms with Gasteiger partial charge in [0, 0.05) is 30.5 Å². The van der Waals surface area contributed by atoms with Gasteiger partial charge >= 0.3 is 5.97 Å². The van der Waals surface area contributed by atoms with E-state index in [-0.39, 0.29) is 17.5 Å². The van der Waals surface area contributed by atoms with Crippen LogP contribution in [-0.4, -0.2) is 62.0 Å². The quantitative estimate of drug-likeness (QED) is 0.715. The Balaban J connectivity index is 2.02. The number of esters is 1. The highest BCUT2D eigenvalue weighted by Crippen LogP contribution is 2.12. The van der Waals surface area contributed by atoms with E-state index in [0.717, 1.165) is 0 Å². The van der Waals surface area contributed by atoms with E-state index < -0.39 is 5.97 Å². The Hall–Kier alpha value is -3.26. The van der Waals surface area contributed by atoms with Crippen LogP contribution in [-0.2, 0) is 4.74 Å². The number of rotatable bonds is 7. The molecule has 0 unspecified atom stereocenters. The number of pyridine rings is 1. The zero-order valence-electron chi connectivity index (χ0n) is 15.5. The third kappa shape index (κ3) is 5.89. The number of ether oxygens (including phenoxy) is 1. The van der Waals surface area contributed by atoms with Crippen molar-refractivity contribution < 1.29 is 19.1 Å². The molecule has 0 fully saturated rings. The molecule has 2 aromatic rings. The van der Waals surface area contributed by atoms with E-state index in [2.05, 4.69) is 20.4 Å². The molecule has 0 bridgehead atoms. The van der Waals surface area contributed by atoms with Gasteiger partial charge in [0.2, 0.25) is 0 Å². The molecule has 142 valence electrons. The van der Waals surface area contributed by atoms with Crippen LogP contribution in [0.5, 0.6) is 0 Å². The molecule has 0 aliphatic rings. The van der Waals surface area contributed by atoms with Gasteiger partial charge in [-0.1, -0.05) is 0 Å². The summed E-state index contributed by atoms with van der Waals surface area (Å²) < 4.78 is 4.63. The summed E-state index contributed by atoms with van der Waals surface area (Å²) in [6.07, 6.45) is 1.41. The van der Waals surface area contributed by atoms with Crippen LogP contribution < -0.4 is 10.6 Å². The third-order valence-electron chi connectivity index (χ3n) is 3.66. The average Bonchev–Trinajstić information content (AvgIpc) is 2.67. The Labute approximate surface area is 157 Å². The van der Waals surface area contributed by atoms with Crippen molar-refractivity contribution in [3.05, 3.63) is 59.4 Å². The Morgan fingerprint density at radius 2 is 1.74 bits per heavy atom. The van der Waals surface area contributed by atoms with Crippen molar-refractivity contribution >= 4 is 23.5 Å². The van der Waals surface area contributed by atoms with E-state index in [1.165, 1.54) is 25.4 Å². The number of aromatic nitrogens is 1. The number of nitrogens with one attached hydrogen (secondary N) is 2. The van der Waals surface area contributed by atoms with Crippen LogP contribution in [0, 0.1) is 0 Å². The molecule has 8 heteroatoms. The largest absolute Gasteiger partial charge is 0.465 e. The van der Waals surface area contributed by atoms with E-state index in [4.69, 9.17) is 0 Å². The summed E-state index contributed by atoms with van der Waals surface area (Å²) in [6.45, 7) is 1.18. The fourth-order valence-corrected chi connectivity index (χ4v) is 2.19. The minimum Gasteiger partial charge on any atom is -0.465 e. The monoisotopic (exact) mass is 370 g/mol. The number of nitrogens with zero attached hydrogens (tertiary/aromatic N) is 2. The molecule has 1 aromatic carbocycles. The molecule has 0 saturated heterocycles. The molecule has 8 nitrogen and oxygen atoms in total. The number of carbonyl (C=O) groups is 3. The maximum atomic E-state index is 12.4. The Kier molecular flexibility index (Phi) is 7.01. The average molecular weight is 370 g/mol. The van der Waals surface area contributed by atoms with Crippen LogP contribution in [0.15, 0.2) is 42.6 Å². The zero-order chi connectivity index (χ0) is 19.8. The predicted molar refractivity (Wildman–Crippen MR) is 101 cm³/mol. The molecule has 0 radical (unpaired) electrons. The van der Waals surface area contributed by atoms with Gasteiger partial charge in [0.1, 0.15) is 5.69 Å². The van der Waals surface area contributed by atoms with Crippen LogP contribution in [0.2, 0.25) is 0 Å². The topological polar surface area (TPSA) is 101 Å². The molecule has 27 heavy (non-hydrogen) atoms. The normalized spacial score (nSPS) is 10.4. The van der Waals surface area contributed by atoms with E-state index in [0.29, 0.717) is 29.9 Å². The van der Waals surface area contributed by atoms with Gasteiger partial charge in [-0.05, 0) is 50.5 Å². The highest BCUT2D eigenvalue weighted by atomic mass is 16.5. The molecule has 2 amide bonds. The summed E-state index contributed by atoms with van der Waals surface area (Å²) in [5.74, 6) is -1.17. The number of likely N-dealkylation sites (N-methyl/N-ethyl adjacent to an activating group) is 1. The van der Waals surface area contributed by atoms with Crippen molar-refractivity contribution in [1.82, 2.24) is 15.2 Å². The molecule has 1 heterocycles. The fourth-order valence-electron chi connectivity index (χ4n) is 2.19. The van der Waals surface area contributed by atoms with E-state index in [9.17, 15) is 14.4 Å². The van der Waals surface area contributed by atoms with Crippen molar-refractivity contribution in [3.8, 4) is 0 Å². The highest BCUT2D eigenvalue weighted by molar-refractivity contribution is 6.05. The van der Waals surface area contributed by atoms with Gasteiger partial charge in [-0.3, -0.25) is 14.6 Å². The first-order valence-electron chi connectivity index (χ1n) is 8.29. The van der Waals surface area contributed by atoms with Gasteiger partial charge in [-0.15, -0.1) is 0 Å². The minimum atomic E-state index is -0.452. The summed E-state index contributed by atoms with van der Waals surface area (Å²) in [5.41, 5.74) is 1.37. The predicted octanol–water partition coefficient (Wildman–Crippen LogP) is 1.41. The summed E-state index contributed by atoms with van der Waals surface area (Å²) >= 11 is 0. The molecule has 0 aliphatic carbocycles. The second kappa shape index (κ2) is 9.44. The van der Waals surface area contributed by atoms with Gasteiger partial charge in [0.15, 0.2) is 0 Å². The van der Waals surface area contributed by atoms with Gasteiger partial charge in [0.25, 0.3) is 11.8 Å². The Morgan fingerprint density at radius 1 is 1.04 bits per heavy atom. The lowest BCUT2D eigenvalue weighted by molar-refractivity contribution is 0.0600. The van der Waals surface area contributed by atoms with Crippen LogP contribution in [0.3, 0.4) is 0 Å². The summed E-state index contributed by atoms with van der Waals surface area (Å²) in [5, 5.41) is 5.46. The van der Waals surface area contributed by atoms with Crippen molar-refractivity contribution in [2.45, 2.75) is 0 Å². The molecule has 0 saturated carbocycles. The molecule has 0 atom stereocenters. The SMILES string of the molecule is COC(=O)c1ccc(NC(=O)c2ccnc(C(=O)NCCN(C)C)c2)cc1. The first-order valence-corrected chi connectivity index (χ1v) is 8.29. The maximum Gasteiger partial charge on any atom is 0.337 e. The lowest BCUT2D eigenvalue weighted by atomic mass is 10.2. The summed E-state index contributed by atoms with van der Waals surface area (Å²) in [7, 11) is 5.12. The Bertz CT molecular complexity index is 819. The molecular weight excluding hydrogens is 348 g/mol. The van der Waals surface area contributed by atoms with Crippen molar-refractivity contribution in [1.29, 1.82) is 0 Å². The second-order valence-electron chi connectivity index (χ2n) is 6.01. The highest BCUT2D eigenvalue weighted by Gasteiger charge is 2.12. The van der Waals surface area contributed by atoms with Crippen LogP contribution >= 0.6 is 0 Å². The second-order valence-corrected chi connectivity index (χ2v) is 6.01. The smallest absolute Gasteiger partial charge is 0.337 e. The number of hydrogen-bond donors (Lipinski definition) is 2. The molecule has 0 aliphatic heterocycles. The van der Waals surface area contributed by atoms with E-state index in [1.807, 2.05) is 19.0 Å². The van der Waals surface area contributed by atoms with Gasteiger partial charge in [0.05, 0.1) is 12.7 Å². The Morgan fingerprint density at radius 3 is 2.37 bits per heavy atom. The van der Waals surface area contributed by atoms with Crippen molar-refractivity contribution in [3.63, 3.8) is 0 Å². The maximum absolute atomic E-state index is 12.4. The van der Waals surface area contributed by atoms with Gasteiger partial charge in [-0.25, -0.2) is 4.79 Å². The number of anilines is 1. The number of amides is 2. The van der Waals surface area contributed by atoms with Crippen molar-refractivity contribution in [2.75, 3.05) is 39.6 Å². The minimum absolute atomic E-state index is 0.169. The first-order chi connectivity index (χ1) is 12.9. The molecular formula is C19H22N4O4. The lowest BCUT2D eigenvalue weighted by Crippen LogP contribution is -2.32. The van der Waals surface area contributed by atoms with Crippen LogP contribution in [0.25, 0.3) is 0 Å². The van der Waals surface area contributed by atoms with Crippen molar-refractivity contribution in [2.24, 2.45) is 0 Å². The molecule has 2 N–H and O–H groups in total. The fraction of sp³-hybridized carbons (Fsp3) is 0.263. The van der Waals surface area contributed by atoms with Crippen LogP contribution in [0.1, 0.15) is 31.2 Å². The van der Waals surface area contributed by atoms with E-state index in [1.54, 1.807) is 24.3 Å². The summed E-state index contributed by atoms with van der Waals surface area (Å²) in [4.78, 5) is 41.9. The number of hydrogen-bond acceptors (Lipinski definition) is 6. The van der Waals surface area contributed by atoms with E-state index >= 15 is 0 Å². The van der Waals surface area contributed by atoms with Gasteiger partial charge < -0.3 is 20.3 Å². The number of benzene rings is 1. The standard InChI is InChI=1S/C19H22N4O4/c1-23(2)11-10-21-18(25)16-12-14(8-9-20-16)17(24)22-15-6-4-13(5-7-15)19(26)27-3/h4-9,12H,10-11H2,1-3H3,(H,21,25)(H,22,24). The number of methoxy groups -OCH3 is 1. The zero-order valence-corrected chi connectivity index (χ0v) is 15.5. The molecule has 1 aromatic heterocycles. The third-order valence-corrected chi connectivity index (χ3v) is 3.66.